The summed E-state index contributed by atoms with van der Waals surface area (Å²) in [6.07, 6.45) is 0. The number of hydrogen-bond acceptors (Lipinski definition) is 8. The molecule has 0 amide bonds. The monoisotopic (exact) mass is 433 g/mol. The number of Topliss-reactive ketones (excluding diaryl/α,β-unsaturated/α-hetero) is 2. The van der Waals surface area contributed by atoms with Crippen LogP contribution in [0, 0.1) is 13.8 Å². The van der Waals surface area contributed by atoms with E-state index < -0.39 is 10.7 Å². The number of fused-ring (bicyclic) bond motifs is 1. The first-order valence-corrected chi connectivity index (χ1v) is 10.8. The van der Waals surface area contributed by atoms with Gasteiger partial charge >= 0.3 is 0 Å². The van der Waals surface area contributed by atoms with Gasteiger partial charge in [0.05, 0.1) is 10.9 Å². The van der Waals surface area contributed by atoms with Gasteiger partial charge in [0.25, 0.3) is 5.56 Å². The lowest BCUT2D eigenvalue weighted by Gasteiger charge is -2.14. The largest absolute Gasteiger partial charge is 0.355 e. The second kappa shape index (κ2) is 7.49. The maximum absolute atomic E-state index is 12.9. The van der Waals surface area contributed by atoms with Crippen molar-refractivity contribution in [1.29, 1.82) is 0 Å². The fourth-order valence-corrected chi connectivity index (χ4v) is 5.22. The van der Waals surface area contributed by atoms with E-state index in [0.717, 1.165) is 0 Å². The Morgan fingerprint density at radius 3 is 2.41 bits per heavy atom. The minimum absolute atomic E-state index is 0.0746. The van der Waals surface area contributed by atoms with E-state index in [0.29, 0.717) is 37.5 Å². The standard InChI is InChI=1S/C19H23N5O3S2/c1-8-12(10(3)25)9(2)20-13(8)14(26)11(4)28-18-23-24-16(27)15(19(5,6)7)21-22-17(24)29-18/h11,20H,1-7H3. The normalized spacial score (nSPS) is 13.1. The summed E-state index contributed by atoms with van der Waals surface area (Å²) in [4.78, 5) is 40.9. The Balaban J connectivity index is 1.90. The summed E-state index contributed by atoms with van der Waals surface area (Å²) in [5.74, 6) is -0.203. The van der Waals surface area contributed by atoms with Crippen LogP contribution < -0.4 is 5.56 Å². The molecule has 8 nitrogen and oxygen atoms in total. The molecule has 0 aliphatic heterocycles. The summed E-state index contributed by atoms with van der Waals surface area (Å²) < 4.78 is 1.80. The number of aromatic nitrogens is 5. The Kier molecular flexibility index (Phi) is 5.52. The van der Waals surface area contributed by atoms with Crippen LogP contribution >= 0.6 is 23.1 Å². The Morgan fingerprint density at radius 1 is 1.21 bits per heavy atom. The van der Waals surface area contributed by atoms with Gasteiger partial charge < -0.3 is 4.98 Å². The van der Waals surface area contributed by atoms with Crippen molar-refractivity contribution in [2.45, 2.75) is 63.5 Å². The molecule has 154 valence electrons. The Morgan fingerprint density at radius 2 is 1.86 bits per heavy atom. The highest BCUT2D eigenvalue weighted by Gasteiger charge is 2.27. The van der Waals surface area contributed by atoms with E-state index in [2.05, 4.69) is 20.3 Å². The van der Waals surface area contributed by atoms with Crippen LogP contribution in [0.25, 0.3) is 4.96 Å². The average Bonchev–Trinajstić information content (AvgIpc) is 3.13. The number of rotatable bonds is 5. The third-order valence-electron chi connectivity index (χ3n) is 4.57. The third-order valence-corrected chi connectivity index (χ3v) is 6.65. The summed E-state index contributed by atoms with van der Waals surface area (Å²) in [7, 11) is 0. The lowest BCUT2D eigenvalue weighted by atomic mass is 9.93. The second-order valence-electron chi connectivity index (χ2n) is 7.97. The summed E-state index contributed by atoms with van der Waals surface area (Å²) in [6.45, 7) is 12.5. The zero-order valence-electron chi connectivity index (χ0n) is 17.4. The smallest absolute Gasteiger partial charge is 0.297 e. The van der Waals surface area contributed by atoms with Crippen molar-refractivity contribution >= 4 is 39.6 Å². The molecule has 3 aromatic heterocycles. The summed E-state index contributed by atoms with van der Waals surface area (Å²) in [5.41, 5.74) is 1.94. The molecule has 1 atom stereocenters. The van der Waals surface area contributed by atoms with Crippen molar-refractivity contribution in [3.8, 4) is 0 Å². The van der Waals surface area contributed by atoms with E-state index in [4.69, 9.17) is 0 Å². The minimum Gasteiger partial charge on any atom is -0.355 e. The summed E-state index contributed by atoms with van der Waals surface area (Å²) in [6, 6.07) is 0. The average molecular weight is 434 g/mol. The molecule has 0 saturated heterocycles. The van der Waals surface area contributed by atoms with E-state index >= 15 is 0 Å². The summed E-state index contributed by atoms with van der Waals surface area (Å²) in [5, 5.41) is 12.1. The van der Waals surface area contributed by atoms with Gasteiger partial charge in [-0.15, -0.1) is 15.3 Å². The van der Waals surface area contributed by atoms with Gasteiger partial charge in [-0.25, -0.2) is 0 Å². The van der Waals surface area contributed by atoms with Crippen molar-refractivity contribution in [3.63, 3.8) is 0 Å². The van der Waals surface area contributed by atoms with Crippen LogP contribution in [0.15, 0.2) is 9.13 Å². The Labute approximate surface area is 176 Å². The second-order valence-corrected chi connectivity index (χ2v) is 10.5. The number of thioether (sulfide) groups is 1. The fraction of sp³-hybridized carbons (Fsp3) is 0.474. The van der Waals surface area contributed by atoms with Gasteiger partial charge in [-0.05, 0) is 33.3 Å². The molecule has 3 heterocycles. The van der Waals surface area contributed by atoms with Crippen LogP contribution in [0.3, 0.4) is 0 Å². The molecular formula is C19H23N5O3S2. The molecule has 3 rings (SSSR count). The molecule has 10 heteroatoms. The Hall–Kier alpha value is -2.33. The fourth-order valence-electron chi connectivity index (χ4n) is 3.15. The molecule has 0 radical (unpaired) electrons. The van der Waals surface area contributed by atoms with E-state index in [9.17, 15) is 14.4 Å². The van der Waals surface area contributed by atoms with Crippen molar-refractivity contribution in [2.75, 3.05) is 0 Å². The van der Waals surface area contributed by atoms with Crippen LogP contribution in [0.2, 0.25) is 0 Å². The number of carbonyl (C=O) groups is 2. The zero-order chi connectivity index (χ0) is 21.7. The number of ketones is 2. The molecule has 0 aliphatic rings. The number of nitrogens with zero attached hydrogens (tertiary/aromatic N) is 4. The Bertz CT molecular complexity index is 1180. The van der Waals surface area contributed by atoms with Crippen molar-refractivity contribution in [2.24, 2.45) is 0 Å². The van der Waals surface area contributed by atoms with E-state index in [-0.39, 0.29) is 17.1 Å². The topological polar surface area (TPSA) is 110 Å². The maximum atomic E-state index is 12.9. The molecule has 0 aromatic carbocycles. The predicted molar refractivity (Wildman–Crippen MR) is 114 cm³/mol. The molecule has 0 saturated carbocycles. The molecule has 0 aliphatic carbocycles. The first-order chi connectivity index (χ1) is 13.4. The first-order valence-electron chi connectivity index (χ1n) is 9.09. The van der Waals surface area contributed by atoms with Gasteiger partial charge in [-0.2, -0.15) is 4.52 Å². The third kappa shape index (κ3) is 3.91. The maximum Gasteiger partial charge on any atom is 0.297 e. The summed E-state index contributed by atoms with van der Waals surface area (Å²) >= 11 is 2.47. The lowest BCUT2D eigenvalue weighted by Crippen LogP contribution is -2.30. The molecule has 0 bridgehead atoms. The number of nitrogens with one attached hydrogen (secondary N) is 1. The van der Waals surface area contributed by atoms with Crippen molar-refractivity contribution in [1.82, 2.24) is 24.8 Å². The van der Waals surface area contributed by atoms with Gasteiger partial charge in [-0.3, -0.25) is 14.4 Å². The number of aryl methyl sites for hydroxylation is 1. The highest BCUT2D eigenvalue weighted by Crippen LogP contribution is 2.30. The predicted octanol–water partition coefficient (Wildman–Crippen LogP) is 3.35. The van der Waals surface area contributed by atoms with Gasteiger partial charge in [0, 0.05) is 16.7 Å². The molecule has 3 aromatic rings. The van der Waals surface area contributed by atoms with E-state index in [1.54, 1.807) is 20.8 Å². The molecular weight excluding hydrogens is 410 g/mol. The van der Waals surface area contributed by atoms with Crippen molar-refractivity contribution in [3.05, 3.63) is 38.6 Å². The SMILES string of the molecule is CC(=O)c1c(C)[nH]c(C(=O)C(C)Sc2nn3c(=O)c(C(C)(C)C)nnc3s2)c1C. The van der Waals surface area contributed by atoms with Gasteiger partial charge in [0.2, 0.25) is 4.96 Å². The highest BCUT2D eigenvalue weighted by molar-refractivity contribution is 8.02. The van der Waals surface area contributed by atoms with Gasteiger partial charge in [-0.1, -0.05) is 43.9 Å². The number of carbonyl (C=O) groups excluding carboxylic acids is 2. The van der Waals surface area contributed by atoms with Crippen LogP contribution in [-0.4, -0.2) is 41.6 Å². The van der Waals surface area contributed by atoms with Crippen molar-refractivity contribution < 1.29 is 9.59 Å². The number of hydrogen-bond donors (Lipinski definition) is 1. The number of H-pyrrole nitrogens is 1. The van der Waals surface area contributed by atoms with Crippen LogP contribution in [-0.2, 0) is 5.41 Å². The van der Waals surface area contributed by atoms with Crippen LogP contribution in [0.5, 0.6) is 0 Å². The minimum atomic E-state index is -0.460. The van der Waals surface area contributed by atoms with E-state index in [1.807, 2.05) is 20.8 Å². The van der Waals surface area contributed by atoms with Crippen LogP contribution in [0.4, 0.5) is 0 Å². The highest BCUT2D eigenvalue weighted by atomic mass is 32.2. The van der Waals surface area contributed by atoms with Gasteiger partial charge in [0.1, 0.15) is 5.69 Å². The lowest BCUT2D eigenvalue weighted by molar-refractivity contribution is 0.0988. The van der Waals surface area contributed by atoms with Crippen LogP contribution in [0.1, 0.15) is 72.4 Å². The zero-order valence-corrected chi connectivity index (χ0v) is 19.0. The molecule has 0 spiro atoms. The van der Waals surface area contributed by atoms with Gasteiger partial charge in [0.15, 0.2) is 15.9 Å². The first kappa shape index (κ1) is 21.4. The number of aromatic amines is 1. The molecule has 1 N–H and O–H groups in total. The quantitative estimate of drug-likeness (QED) is 0.485. The molecule has 29 heavy (non-hydrogen) atoms. The molecule has 1 unspecified atom stereocenters. The van der Waals surface area contributed by atoms with E-state index in [1.165, 1.54) is 34.5 Å². The molecule has 0 fully saturated rings.